The van der Waals surface area contributed by atoms with Crippen LogP contribution in [0.2, 0.25) is 5.02 Å². The van der Waals surface area contributed by atoms with Gasteiger partial charge >= 0.3 is 6.03 Å². The fourth-order valence-corrected chi connectivity index (χ4v) is 4.69. The van der Waals surface area contributed by atoms with Gasteiger partial charge in [0, 0.05) is 0 Å². The molecule has 3 aromatic rings. The van der Waals surface area contributed by atoms with Crippen molar-refractivity contribution in [3.63, 3.8) is 0 Å². The lowest BCUT2D eigenvalue weighted by Gasteiger charge is -2.26. The molecule has 1 saturated heterocycles. The normalized spacial score (nSPS) is 14.9. The van der Waals surface area contributed by atoms with Crippen molar-refractivity contribution < 1.29 is 19.1 Å². The zero-order valence-corrected chi connectivity index (χ0v) is 21.4. The molecule has 1 N–H and O–H groups in total. The second-order valence-corrected chi connectivity index (χ2v) is 9.33. The highest BCUT2D eigenvalue weighted by Gasteiger charge is 2.36. The van der Waals surface area contributed by atoms with Crippen molar-refractivity contribution in [1.82, 2.24) is 5.32 Å². The molecule has 0 aromatic heterocycles. The molecule has 3 aromatic carbocycles. The number of carbonyl (C=O) groups is 3. The van der Waals surface area contributed by atoms with Crippen LogP contribution >= 0.6 is 27.5 Å². The minimum Gasteiger partial charge on any atom is -0.486 e. The number of nitrogens with zero attached hydrogens (tertiary/aromatic N) is 1. The molecule has 6 nitrogen and oxygen atoms in total. The van der Waals surface area contributed by atoms with Gasteiger partial charge in [-0.2, -0.15) is 0 Å². The van der Waals surface area contributed by atoms with Gasteiger partial charge in [-0.05, 0) is 76.3 Å². The van der Waals surface area contributed by atoms with Crippen LogP contribution in [-0.2, 0) is 22.6 Å². The molecule has 1 fully saturated rings. The number of nitrogens with one attached hydrogen (secondary N) is 1. The Bertz CT molecular complexity index is 1330. The molecule has 0 atom stereocenters. The van der Waals surface area contributed by atoms with Crippen molar-refractivity contribution in [2.75, 3.05) is 4.90 Å². The zero-order chi connectivity index (χ0) is 25.1. The second-order valence-electron chi connectivity index (χ2n) is 8.07. The van der Waals surface area contributed by atoms with E-state index in [2.05, 4.69) is 21.2 Å². The standard InChI is InChI=1S/C27H22BrClN2O4/c1-3-17-7-9-20(10-8-17)31-26(33)21(25(32)30-27(31)34)12-19-13-22(28)24(23(29)14-19)35-15-18-6-4-5-16(2)11-18/h4-14H,3,15H2,1-2H3,(H,30,32,34)/b21-12-. The van der Waals surface area contributed by atoms with Crippen LogP contribution in [0.4, 0.5) is 10.5 Å². The number of carbonyl (C=O) groups excluding carboxylic acids is 3. The van der Waals surface area contributed by atoms with E-state index in [-0.39, 0.29) is 5.57 Å². The molecule has 0 saturated carbocycles. The second kappa shape index (κ2) is 10.5. The molecule has 0 bridgehead atoms. The van der Waals surface area contributed by atoms with Gasteiger partial charge in [0.15, 0.2) is 5.75 Å². The molecule has 178 valence electrons. The zero-order valence-electron chi connectivity index (χ0n) is 19.1. The number of barbiturate groups is 1. The molecular weight excluding hydrogens is 532 g/mol. The number of imide groups is 2. The first-order chi connectivity index (χ1) is 16.8. The minimum absolute atomic E-state index is 0.180. The van der Waals surface area contributed by atoms with Gasteiger partial charge in [0.2, 0.25) is 0 Å². The maximum absolute atomic E-state index is 13.1. The number of urea groups is 1. The summed E-state index contributed by atoms with van der Waals surface area (Å²) >= 11 is 9.93. The number of benzene rings is 3. The lowest BCUT2D eigenvalue weighted by molar-refractivity contribution is -0.122. The summed E-state index contributed by atoms with van der Waals surface area (Å²) in [5.74, 6) is -1.04. The third-order valence-corrected chi connectivity index (χ3v) is 6.37. The number of anilines is 1. The van der Waals surface area contributed by atoms with Crippen molar-refractivity contribution in [3.05, 3.63) is 98.0 Å². The number of amides is 4. The fourth-order valence-electron chi connectivity index (χ4n) is 3.70. The van der Waals surface area contributed by atoms with E-state index in [0.29, 0.717) is 33.1 Å². The molecule has 0 radical (unpaired) electrons. The van der Waals surface area contributed by atoms with Crippen molar-refractivity contribution in [2.24, 2.45) is 0 Å². The Morgan fingerprint density at radius 2 is 1.77 bits per heavy atom. The lowest BCUT2D eigenvalue weighted by atomic mass is 10.1. The van der Waals surface area contributed by atoms with E-state index in [1.54, 1.807) is 24.3 Å². The molecule has 8 heteroatoms. The van der Waals surface area contributed by atoms with Gasteiger partial charge in [-0.3, -0.25) is 14.9 Å². The molecule has 4 rings (SSSR count). The number of halogens is 2. The van der Waals surface area contributed by atoms with Crippen LogP contribution in [-0.4, -0.2) is 17.8 Å². The Balaban J connectivity index is 1.60. The molecule has 4 amide bonds. The Morgan fingerprint density at radius 3 is 2.43 bits per heavy atom. The summed E-state index contributed by atoms with van der Waals surface area (Å²) in [6.45, 7) is 4.34. The van der Waals surface area contributed by atoms with Crippen LogP contribution in [0.25, 0.3) is 6.08 Å². The van der Waals surface area contributed by atoms with Gasteiger partial charge in [-0.1, -0.05) is 60.5 Å². The van der Waals surface area contributed by atoms with Crippen LogP contribution in [0.3, 0.4) is 0 Å². The molecule has 0 unspecified atom stereocenters. The first kappa shape index (κ1) is 24.7. The van der Waals surface area contributed by atoms with Crippen molar-refractivity contribution in [2.45, 2.75) is 26.9 Å². The van der Waals surface area contributed by atoms with E-state index in [1.165, 1.54) is 6.08 Å². The van der Waals surface area contributed by atoms with Crippen LogP contribution in [0.15, 0.2) is 70.7 Å². The average molecular weight is 554 g/mol. The van der Waals surface area contributed by atoms with E-state index >= 15 is 0 Å². The van der Waals surface area contributed by atoms with Crippen molar-refractivity contribution in [1.29, 1.82) is 0 Å². The van der Waals surface area contributed by atoms with Crippen LogP contribution in [0.5, 0.6) is 5.75 Å². The lowest BCUT2D eigenvalue weighted by Crippen LogP contribution is -2.54. The number of ether oxygens (including phenoxy) is 1. The highest BCUT2D eigenvalue weighted by Crippen LogP contribution is 2.36. The van der Waals surface area contributed by atoms with E-state index in [0.717, 1.165) is 28.0 Å². The average Bonchev–Trinajstić information content (AvgIpc) is 2.81. The largest absolute Gasteiger partial charge is 0.486 e. The monoisotopic (exact) mass is 552 g/mol. The van der Waals surface area contributed by atoms with Crippen LogP contribution < -0.4 is 15.0 Å². The maximum Gasteiger partial charge on any atom is 0.335 e. The molecule has 0 spiro atoms. The van der Waals surface area contributed by atoms with Crippen LogP contribution in [0, 0.1) is 6.92 Å². The van der Waals surface area contributed by atoms with E-state index in [1.807, 2.05) is 50.2 Å². The Hall–Kier alpha value is -3.42. The third kappa shape index (κ3) is 5.47. The third-order valence-electron chi connectivity index (χ3n) is 5.50. The smallest absolute Gasteiger partial charge is 0.335 e. The summed E-state index contributed by atoms with van der Waals surface area (Å²) in [6.07, 6.45) is 2.23. The molecule has 1 aliphatic heterocycles. The van der Waals surface area contributed by atoms with Gasteiger partial charge < -0.3 is 4.74 Å². The van der Waals surface area contributed by atoms with Gasteiger partial charge in [-0.15, -0.1) is 0 Å². The van der Waals surface area contributed by atoms with Gasteiger partial charge in [0.05, 0.1) is 15.2 Å². The quantitative estimate of drug-likeness (QED) is 0.290. The Morgan fingerprint density at radius 1 is 1.03 bits per heavy atom. The summed E-state index contributed by atoms with van der Waals surface area (Å²) in [6, 6.07) is 17.5. The van der Waals surface area contributed by atoms with Gasteiger partial charge in [0.25, 0.3) is 11.8 Å². The van der Waals surface area contributed by atoms with E-state index in [4.69, 9.17) is 16.3 Å². The summed E-state index contributed by atoms with van der Waals surface area (Å²) in [5.41, 5.74) is 3.89. The SMILES string of the molecule is CCc1ccc(N2C(=O)NC(=O)/C(=C/c3cc(Cl)c(OCc4cccc(C)c4)c(Br)c3)C2=O)cc1. The van der Waals surface area contributed by atoms with E-state index in [9.17, 15) is 14.4 Å². The van der Waals surface area contributed by atoms with Gasteiger partial charge in [0.1, 0.15) is 12.2 Å². The summed E-state index contributed by atoms with van der Waals surface area (Å²) in [4.78, 5) is 39.0. The summed E-state index contributed by atoms with van der Waals surface area (Å²) < 4.78 is 6.47. The Labute approximate surface area is 216 Å². The number of rotatable bonds is 6. The highest BCUT2D eigenvalue weighted by molar-refractivity contribution is 9.10. The molecular formula is C27H22BrClN2O4. The topological polar surface area (TPSA) is 75.7 Å². The first-order valence-electron chi connectivity index (χ1n) is 10.9. The van der Waals surface area contributed by atoms with Gasteiger partial charge in [-0.25, -0.2) is 9.69 Å². The summed E-state index contributed by atoms with van der Waals surface area (Å²) in [5, 5.41) is 2.54. The highest BCUT2D eigenvalue weighted by atomic mass is 79.9. The van der Waals surface area contributed by atoms with Crippen molar-refractivity contribution >= 4 is 57.1 Å². The molecule has 1 aliphatic rings. The Kier molecular flexibility index (Phi) is 7.38. The summed E-state index contributed by atoms with van der Waals surface area (Å²) in [7, 11) is 0. The number of aryl methyl sites for hydroxylation is 2. The molecule has 1 heterocycles. The number of hydrogen-bond donors (Lipinski definition) is 1. The first-order valence-corrected chi connectivity index (χ1v) is 12.1. The number of hydrogen-bond acceptors (Lipinski definition) is 4. The maximum atomic E-state index is 13.1. The molecule has 0 aliphatic carbocycles. The molecule has 35 heavy (non-hydrogen) atoms. The van der Waals surface area contributed by atoms with Crippen LogP contribution in [0.1, 0.15) is 29.2 Å². The fraction of sp³-hybridized carbons (Fsp3) is 0.148. The van der Waals surface area contributed by atoms with E-state index < -0.39 is 17.8 Å². The van der Waals surface area contributed by atoms with Crippen molar-refractivity contribution in [3.8, 4) is 5.75 Å². The predicted molar refractivity (Wildman–Crippen MR) is 139 cm³/mol. The predicted octanol–water partition coefficient (Wildman–Crippen LogP) is 6.22. The minimum atomic E-state index is -0.791.